The van der Waals surface area contributed by atoms with E-state index in [0.717, 1.165) is 0 Å². The van der Waals surface area contributed by atoms with Crippen molar-refractivity contribution in [3.8, 4) is 23.3 Å². The Bertz CT molecular complexity index is 1420. The van der Waals surface area contributed by atoms with E-state index in [9.17, 15) is 14.9 Å². The summed E-state index contributed by atoms with van der Waals surface area (Å²) in [6, 6.07) is 16.9. The summed E-state index contributed by atoms with van der Waals surface area (Å²) in [5.41, 5.74) is 1.45. The monoisotopic (exact) mass is 679 g/mol. The Labute approximate surface area is 250 Å². The van der Waals surface area contributed by atoms with Crippen molar-refractivity contribution < 1.29 is 23.8 Å². The maximum atomic E-state index is 12.7. The Kier molecular flexibility index (Phi) is 11.3. The lowest BCUT2D eigenvalue weighted by Crippen LogP contribution is -2.20. The molecule has 2 amide bonds. The summed E-state index contributed by atoms with van der Waals surface area (Å²) in [6.45, 7) is 4.26. The van der Waals surface area contributed by atoms with Gasteiger partial charge in [0, 0.05) is 11.4 Å². The molecule has 0 fully saturated rings. The largest absolute Gasteiger partial charge is 0.494 e. The molecule has 0 atom stereocenters. The van der Waals surface area contributed by atoms with Gasteiger partial charge in [-0.15, -0.1) is 0 Å². The molecule has 0 heterocycles. The highest BCUT2D eigenvalue weighted by molar-refractivity contribution is 14.1. The van der Waals surface area contributed by atoms with Gasteiger partial charge in [0.15, 0.2) is 18.1 Å². The zero-order chi connectivity index (χ0) is 28.4. The topological polar surface area (TPSA) is 110 Å². The highest BCUT2D eigenvalue weighted by atomic mass is 127. The van der Waals surface area contributed by atoms with Crippen molar-refractivity contribution in [3.63, 3.8) is 0 Å². The smallest absolute Gasteiger partial charge is 0.266 e. The van der Waals surface area contributed by atoms with Crippen LogP contribution in [0.25, 0.3) is 6.08 Å². The number of halogens is 3. The summed E-state index contributed by atoms with van der Waals surface area (Å²) < 4.78 is 17.5. The fourth-order valence-electron chi connectivity index (χ4n) is 3.30. The van der Waals surface area contributed by atoms with E-state index in [1.165, 1.54) is 12.1 Å². The number of carbonyl (C=O) groups is 2. The summed E-state index contributed by atoms with van der Waals surface area (Å²) in [4.78, 5) is 25.2. The first-order valence-corrected chi connectivity index (χ1v) is 13.6. The van der Waals surface area contributed by atoms with Crippen molar-refractivity contribution in [2.24, 2.45) is 0 Å². The number of ether oxygens (including phenoxy) is 3. The van der Waals surface area contributed by atoms with Crippen LogP contribution in [0.4, 0.5) is 11.4 Å². The van der Waals surface area contributed by atoms with Crippen LogP contribution in [-0.4, -0.2) is 31.6 Å². The lowest BCUT2D eigenvalue weighted by atomic mass is 10.1. The molecule has 3 aromatic carbocycles. The normalized spacial score (nSPS) is 10.8. The van der Waals surface area contributed by atoms with Crippen LogP contribution in [0.3, 0.4) is 0 Å². The molecule has 8 nitrogen and oxygen atoms in total. The van der Waals surface area contributed by atoms with Crippen molar-refractivity contribution in [3.05, 3.63) is 79.3 Å². The Morgan fingerprint density at radius 3 is 2.26 bits per heavy atom. The molecule has 0 aromatic heterocycles. The average molecular weight is 680 g/mol. The van der Waals surface area contributed by atoms with E-state index in [1.54, 1.807) is 55.5 Å². The summed E-state index contributed by atoms with van der Waals surface area (Å²) in [5.74, 6) is 0.430. The van der Waals surface area contributed by atoms with E-state index in [2.05, 4.69) is 10.6 Å². The van der Waals surface area contributed by atoms with Gasteiger partial charge in [0.1, 0.15) is 17.4 Å². The minimum atomic E-state index is -0.561. The van der Waals surface area contributed by atoms with Crippen LogP contribution < -0.4 is 24.8 Å². The van der Waals surface area contributed by atoms with Crippen LogP contribution in [0.2, 0.25) is 10.0 Å². The lowest BCUT2D eigenvalue weighted by molar-refractivity contribution is -0.118. The van der Waals surface area contributed by atoms with E-state index in [-0.39, 0.29) is 12.2 Å². The standard InChI is InChI=1S/C28H24Cl2IN3O5/c1-3-37-21-8-5-19(6-9-21)34-28(36)18(15-32)11-17-12-24(31)27(25(13-17)38-4-2)39-16-26(35)33-20-7-10-22(29)23(30)14-20/h5-14H,3-4,16H2,1-2H3,(H,33,35)(H,34,36)/b18-11+. The third-order valence-electron chi connectivity index (χ3n) is 4.98. The van der Waals surface area contributed by atoms with Crippen LogP contribution in [0.15, 0.2) is 60.2 Å². The molecule has 39 heavy (non-hydrogen) atoms. The van der Waals surface area contributed by atoms with Crippen molar-refractivity contribution >= 4 is 75.1 Å². The lowest BCUT2D eigenvalue weighted by Gasteiger charge is -2.15. The summed E-state index contributed by atoms with van der Waals surface area (Å²) in [7, 11) is 0. The third kappa shape index (κ3) is 8.78. The summed E-state index contributed by atoms with van der Waals surface area (Å²) in [6.07, 6.45) is 1.45. The van der Waals surface area contributed by atoms with Crippen molar-refractivity contribution in [1.82, 2.24) is 0 Å². The first-order valence-electron chi connectivity index (χ1n) is 11.7. The van der Waals surface area contributed by atoms with Crippen molar-refractivity contribution in [2.75, 3.05) is 30.5 Å². The minimum absolute atomic E-state index is 0.100. The number of nitrogens with zero attached hydrogens (tertiary/aromatic N) is 1. The molecule has 3 aromatic rings. The Morgan fingerprint density at radius 1 is 0.923 bits per heavy atom. The van der Waals surface area contributed by atoms with Crippen LogP contribution in [0, 0.1) is 14.9 Å². The van der Waals surface area contributed by atoms with Gasteiger partial charge in [-0.05, 0) is 103 Å². The Hall–Kier alpha value is -3.46. The predicted molar refractivity (Wildman–Crippen MR) is 161 cm³/mol. The summed E-state index contributed by atoms with van der Waals surface area (Å²) >= 11 is 14.0. The highest BCUT2D eigenvalue weighted by Crippen LogP contribution is 2.35. The second-order valence-corrected chi connectivity index (χ2v) is 9.79. The highest BCUT2D eigenvalue weighted by Gasteiger charge is 2.16. The second-order valence-electron chi connectivity index (χ2n) is 7.81. The minimum Gasteiger partial charge on any atom is -0.494 e. The van der Waals surface area contributed by atoms with Crippen LogP contribution in [-0.2, 0) is 9.59 Å². The van der Waals surface area contributed by atoms with Gasteiger partial charge >= 0.3 is 0 Å². The molecule has 0 spiro atoms. The number of rotatable bonds is 11. The zero-order valence-corrected chi connectivity index (χ0v) is 24.7. The van der Waals surface area contributed by atoms with Gasteiger partial charge in [-0.25, -0.2) is 0 Å². The molecule has 3 rings (SSSR count). The number of carbonyl (C=O) groups excluding carboxylic acids is 2. The molecule has 0 aliphatic carbocycles. The Morgan fingerprint density at radius 2 is 1.62 bits per heavy atom. The fraction of sp³-hybridized carbons (Fsp3) is 0.179. The number of amides is 2. The molecule has 202 valence electrons. The van der Waals surface area contributed by atoms with E-state index in [0.29, 0.717) is 61.0 Å². The molecule has 11 heteroatoms. The molecule has 2 N–H and O–H groups in total. The predicted octanol–water partition coefficient (Wildman–Crippen LogP) is 6.96. The van der Waals surface area contributed by atoms with Crippen LogP contribution in [0.1, 0.15) is 19.4 Å². The van der Waals surface area contributed by atoms with E-state index in [4.69, 9.17) is 37.4 Å². The van der Waals surface area contributed by atoms with Crippen molar-refractivity contribution in [1.29, 1.82) is 5.26 Å². The van der Waals surface area contributed by atoms with Crippen LogP contribution >= 0.6 is 45.8 Å². The van der Waals surface area contributed by atoms with Gasteiger partial charge in [0.25, 0.3) is 11.8 Å². The molecule has 0 aliphatic heterocycles. The van der Waals surface area contributed by atoms with E-state index >= 15 is 0 Å². The van der Waals surface area contributed by atoms with Crippen LogP contribution in [0.5, 0.6) is 17.2 Å². The molecular formula is C28H24Cl2IN3O5. The molecule has 0 saturated heterocycles. The van der Waals surface area contributed by atoms with E-state index < -0.39 is 11.8 Å². The third-order valence-corrected chi connectivity index (χ3v) is 6.52. The number of anilines is 2. The average Bonchev–Trinajstić information content (AvgIpc) is 2.90. The quantitative estimate of drug-likeness (QED) is 0.129. The first kappa shape index (κ1) is 30.1. The van der Waals surface area contributed by atoms with Gasteiger partial charge in [0.05, 0.1) is 26.8 Å². The molecular weight excluding hydrogens is 656 g/mol. The van der Waals surface area contributed by atoms with Gasteiger partial charge in [-0.3, -0.25) is 9.59 Å². The first-order chi connectivity index (χ1) is 18.7. The summed E-state index contributed by atoms with van der Waals surface area (Å²) in [5, 5.41) is 15.7. The number of hydrogen-bond acceptors (Lipinski definition) is 6. The number of nitriles is 1. The SMILES string of the molecule is CCOc1ccc(NC(=O)/C(C#N)=C/c2cc(I)c(OCC(=O)Nc3ccc(Cl)c(Cl)c3)c(OCC)c2)cc1. The van der Waals surface area contributed by atoms with Gasteiger partial charge in [-0.2, -0.15) is 5.26 Å². The number of nitrogens with one attached hydrogen (secondary N) is 2. The molecule has 0 radical (unpaired) electrons. The maximum absolute atomic E-state index is 12.7. The van der Waals surface area contributed by atoms with Gasteiger partial charge in [0.2, 0.25) is 0 Å². The molecule has 0 saturated carbocycles. The van der Waals surface area contributed by atoms with Gasteiger partial charge < -0.3 is 24.8 Å². The maximum Gasteiger partial charge on any atom is 0.266 e. The number of benzene rings is 3. The zero-order valence-electron chi connectivity index (χ0n) is 21.0. The second kappa shape index (κ2) is 14.6. The fourth-order valence-corrected chi connectivity index (χ4v) is 4.38. The van der Waals surface area contributed by atoms with Gasteiger partial charge in [-0.1, -0.05) is 23.2 Å². The van der Waals surface area contributed by atoms with Crippen molar-refractivity contribution in [2.45, 2.75) is 13.8 Å². The molecule has 0 bridgehead atoms. The molecule has 0 unspecified atom stereocenters. The van der Waals surface area contributed by atoms with E-state index in [1.807, 2.05) is 35.6 Å². The number of hydrogen-bond donors (Lipinski definition) is 2. The molecule has 0 aliphatic rings. The Balaban J connectivity index is 1.74.